The Balaban J connectivity index is 1.72. The second-order valence-electron chi connectivity index (χ2n) is 5.34. The van der Waals surface area contributed by atoms with Crippen molar-refractivity contribution >= 4 is 0 Å². The number of nitrogens with one attached hydrogen (secondary N) is 1. The summed E-state index contributed by atoms with van der Waals surface area (Å²) in [5, 5.41) is 0. The monoisotopic (exact) mass is 250 g/mol. The van der Waals surface area contributed by atoms with Crippen molar-refractivity contribution < 1.29 is 9.13 Å². The number of fused-ring (bicyclic) bond motifs is 2. The number of nitrogens with two attached hydrogens (primary N) is 1. The zero-order chi connectivity index (χ0) is 12.5. The average Bonchev–Trinajstić information content (AvgIpc) is 3.00. The second-order valence-corrected chi connectivity index (χ2v) is 5.34. The van der Waals surface area contributed by atoms with Crippen molar-refractivity contribution in [2.75, 3.05) is 0 Å². The fraction of sp³-hybridized carbons (Fsp3) is 0.571. The largest absolute Gasteiger partial charge is 0.375 e. The van der Waals surface area contributed by atoms with E-state index >= 15 is 0 Å². The van der Waals surface area contributed by atoms with Crippen molar-refractivity contribution in [1.29, 1.82) is 0 Å². The highest BCUT2D eigenvalue weighted by Gasteiger charge is 2.44. The minimum absolute atomic E-state index is 0.0946. The lowest BCUT2D eigenvalue weighted by molar-refractivity contribution is 0.0856. The van der Waals surface area contributed by atoms with Gasteiger partial charge in [0.25, 0.3) is 0 Å². The van der Waals surface area contributed by atoms with Crippen LogP contribution in [-0.4, -0.2) is 18.2 Å². The van der Waals surface area contributed by atoms with Crippen LogP contribution in [0, 0.1) is 11.7 Å². The Hall–Kier alpha value is -0.970. The standard InChI is InChI=1S/C14H19FN2O/c15-12-4-2-1-3-9(12)7-13(17-16)11-8-10-5-6-14(11)18-10/h1-4,10-11,13-14,17H,5-8,16H2. The van der Waals surface area contributed by atoms with Gasteiger partial charge in [-0.2, -0.15) is 0 Å². The molecular weight excluding hydrogens is 231 g/mol. The molecule has 2 heterocycles. The maximum atomic E-state index is 13.7. The smallest absolute Gasteiger partial charge is 0.126 e. The molecule has 1 aromatic carbocycles. The molecule has 2 fully saturated rings. The Labute approximate surface area is 106 Å². The summed E-state index contributed by atoms with van der Waals surface area (Å²) in [4.78, 5) is 0. The first kappa shape index (κ1) is 12.1. The molecule has 3 nitrogen and oxygen atoms in total. The van der Waals surface area contributed by atoms with E-state index < -0.39 is 0 Å². The van der Waals surface area contributed by atoms with E-state index in [0.29, 0.717) is 24.5 Å². The molecule has 3 rings (SSSR count). The molecule has 0 spiro atoms. The maximum Gasteiger partial charge on any atom is 0.126 e. The quantitative estimate of drug-likeness (QED) is 0.632. The van der Waals surface area contributed by atoms with Crippen LogP contribution in [0.5, 0.6) is 0 Å². The minimum Gasteiger partial charge on any atom is -0.375 e. The van der Waals surface area contributed by atoms with Crippen LogP contribution >= 0.6 is 0 Å². The first-order chi connectivity index (χ1) is 8.78. The Morgan fingerprint density at radius 3 is 2.83 bits per heavy atom. The zero-order valence-electron chi connectivity index (χ0n) is 10.3. The number of hydrogen-bond acceptors (Lipinski definition) is 3. The summed E-state index contributed by atoms with van der Waals surface area (Å²) in [6.07, 6.45) is 4.66. The highest BCUT2D eigenvalue weighted by molar-refractivity contribution is 5.19. The summed E-state index contributed by atoms with van der Waals surface area (Å²) in [6.45, 7) is 0. The van der Waals surface area contributed by atoms with Crippen molar-refractivity contribution in [3.63, 3.8) is 0 Å². The van der Waals surface area contributed by atoms with Crippen molar-refractivity contribution in [2.45, 2.75) is 43.9 Å². The van der Waals surface area contributed by atoms with Crippen molar-refractivity contribution in [3.05, 3.63) is 35.6 Å². The molecule has 0 saturated carbocycles. The molecule has 0 aromatic heterocycles. The Bertz CT molecular complexity index is 426. The molecular formula is C14H19FN2O. The fourth-order valence-electron chi connectivity index (χ4n) is 3.34. The average molecular weight is 250 g/mol. The molecule has 18 heavy (non-hydrogen) atoms. The Morgan fingerprint density at radius 2 is 2.22 bits per heavy atom. The van der Waals surface area contributed by atoms with E-state index in [-0.39, 0.29) is 11.9 Å². The molecule has 2 aliphatic rings. The third kappa shape index (κ3) is 2.16. The van der Waals surface area contributed by atoms with E-state index in [1.165, 1.54) is 6.07 Å². The molecule has 4 heteroatoms. The van der Waals surface area contributed by atoms with Gasteiger partial charge in [0.1, 0.15) is 5.82 Å². The third-order valence-electron chi connectivity index (χ3n) is 4.28. The summed E-state index contributed by atoms with van der Waals surface area (Å²) in [5.74, 6) is 5.91. The van der Waals surface area contributed by atoms with E-state index in [4.69, 9.17) is 10.6 Å². The highest BCUT2D eigenvalue weighted by atomic mass is 19.1. The molecule has 0 radical (unpaired) electrons. The first-order valence-corrected chi connectivity index (χ1v) is 6.63. The zero-order valence-corrected chi connectivity index (χ0v) is 10.3. The van der Waals surface area contributed by atoms with Crippen molar-refractivity contribution in [3.8, 4) is 0 Å². The summed E-state index contributed by atoms with van der Waals surface area (Å²) >= 11 is 0. The van der Waals surface area contributed by atoms with Gasteiger partial charge in [0.15, 0.2) is 0 Å². The molecule has 4 atom stereocenters. The van der Waals surface area contributed by atoms with Gasteiger partial charge in [0.2, 0.25) is 0 Å². The highest BCUT2D eigenvalue weighted by Crippen LogP contribution is 2.40. The Kier molecular flexibility index (Phi) is 3.33. The van der Waals surface area contributed by atoms with Crippen LogP contribution in [0.3, 0.4) is 0 Å². The van der Waals surface area contributed by atoms with E-state index in [0.717, 1.165) is 24.8 Å². The Morgan fingerprint density at radius 1 is 1.39 bits per heavy atom. The SMILES string of the molecule is NNC(Cc1ccccc1F)C1CC2CCC1O2. The van der Waals surface area contributed by atoms with Gasteiger partial charge < -0.3 is 4.74 Å². The second kappa shape index (κ2) is 4.96. The van der Waals surface area contributed by atoms with Crippen LogP contribution < -0.4 is 11.3 Å². The first-order valence-electron chi connectivity index (χ1n) is 6.63. The van der Waals surface area contributed by atoms with Gasteiger partial charge in [0.05, 0.1) is 12.2 Å². The number of hydrazine groups is 1. The lowest BCUT2D eigenvalue weighted by Gasteiger charge is -2.28. The van der Waals surface area contributed by atoms with Gasteiger partial charge in [-0.05, 0) is 37.3 Å². The fourth-order valence-corrected chi connectivity index (χ4v) is 3.34. The topological polar surface area (TPSA) is 47.3 Å². The van der Waals surface area contributed by atoms with E-state index in [1.54, 1.807) is 6.07 Å². The van der Waals surface area contributed by atoms with E-state index in [9.17, 15) is 4.39 Å². The van der Waals surface area contributed by atoms with Gasteiger partial charge >= 0.3 is 0 Å². The van der Waals surface area contributed by atoms with Crippen LogP contribution in [0.4, 0.5) is 4.39 Å². The number of ether oxygens (including phenoxy) is 1. The summed E-state index contributed by atoms with van der Waals surface area (Å²) in [6, 6.07) is 7.00. The minimum atomic E-state index is -0.151. The molecule has 2 bridgehead atoms. The number of hydrogen-bond donors (Lipinski definition) is 2. The molecule has 98 valence electrons. The lowest BCUT2D eigenvalue weighted by Crippen LogP contribution is -2.45. The van der Waals surface area contributed by atoms with Gasteiger partial charge in [-0.25, -0.2) is 4.39 Å². The van der Waals surface area contributed by atoms with E-state index in [2.05, 4.69) is 5.43 Å². The number of halogens is 1. The third-order valence-corrected chi connectivity index (χ3v) is 4.28. The maximum absolute atomic E-state index is 13.7. The molecule has 0 amide bonds. The van der Waals surface area contributed by atoms with Gasteiger partial charge in [0, 0.05) is 12.0 Å². The number of benzene rings is 1. The van der Waals surface area contributed by atoms with Crippen molar-refractivity contribution in [2.24, 2.45) is 11.8 Å². The molecule has 2 saturated heterocycles. The predicted molar refractivity (Wildman–Crippen MR) is 67.2 cm³/mol. The molecule has 4 unspecified atom stereocenters. The van der Waals surface area contributed by atoms with Crippen LogP contribution in [0.25, 0.3) is 0 Å². The van der Waals surface area contributed by atoms with Gasteiger partial charge in [-0.1, -0.05) is 18.2 Å². The van der Waals surface area contributed by atoms with Crippen LogP contribution in [-0.2, 0) is 11.2 Å². The normalized spacial score (nSPS) is 31.8. The summed E-state index contributed by atoms with van der Waals surface area (Å²) in [7, 11) is 0. The van der Waals surface area contributed by atoms with E-state index in [1.807, 2.05) is 12.1 Å². The van der Waals surface area contributed by atoms with Crippen LogP contribution in [0.2, 0.25) is 0 Å². The summed E-state index contributed by atoms with van der Waals surface area (Å²) in [5.41, 5.74) is 3.58. The van der Waals surface area contributed by atoms with Crippen LogP contribution in [0.1, 0.15) is 24.8 Å². The number of rotatable bonds is 4. The van der Waals surface area contributed by atoms with Crippen LogP contribution in [0.15, 0.2) is 24.3 Å². The molecule has 2 aliphatic heterocycles. The van der Waals surface area contributed by atoms with Gasteiger partial charge in [-0.3, -0.25) is 11.3 Å². The molecule has 1 aromatic rings. The predicted octanol–water partition coefficient (Wildman–Crippen LogP) is 1.77. The summed E-state index contributed by atoms with van der Waals surface area (Å²) < 4.78 is 19.5. The molecule has 0 aliphatic carbocycles. The lowest BCUT2D eigenvalue weighted by atomic mass is 9.81. The van der Waals surface area contributed by atoms with Gasteiger partial charge in [-0.15, -0.1) is 0 Å². The molecule has 3 N–H and O–H groups in total. The van der Waals surface area contributed by atoms with Crippen molar-refractivity contribution in [1.82, 2.24) is 5.43 Å².